The van der Waals surface area contributed by atoms with Crippen LogP contribution >= 0.6 is 22.7 Å². The Bertz CT molecular complexity index is 646. The van der Waals surface area contributed by atoms with Crippen LogP contribution in [-0.4, -0.2) is 22.3 Å². The zero-order valence-electron chi connectivity index (χ0n) is 13.3. The highest BCUT2D eigenvalue weighted by Gasteiger charge is 2.33. The van der Waals surface area contributed by atoms with Crippen molar-refractivity contribution in [3.8, 4) is 0 Å². The Morgan fingerprint density at radius 3 is 3.00 bits per heavy atom. The Balaban J connectivity index is 1.82. The van der Waals surface area contributed by atoms with E-state index in [9.17, 15) is 4.79 Å². The third-order valence-electron chi connectivity index (χ3n) is 4.00. The number of aromatic nitrogens is 1. The van der Waals surface area contributed by atoms with Gasteiger partial charge in [-0.05, 0) is 37.1 Å². The summed E-state index contributed by atoms with van der Waals surface area (Å²) in [6.07, 6.45) is 3.11. The molecule has 0 aromatic carbocycles. The third-order valence-corrected chi connectivity index (χ3v) is 6.14. The predicted octanol–water partition coefficient (Wildman–Crippen LogP) is 4.69. The van der Waals surface area contributed by atoms with Crippen molar-refractivity contribution in [2.24, 2.45) is 5.92 Å². The lowest BCUT2D eigenvalue weighted by Crippen LogP contribution is -2.30. The Hall–Kier alpha value is -1.20. The number of hydrogen-bond acceptors (Lipinski definition) is 4. The fourth-order valence-electron chi connectivity index (χ4n) is 3.00. The molecule has 3 rings (SSSR count). The van der Waals surface area contributed by atoms with Crippen molar-refractivity contribution in [1.82, 2.24) is 9.88 Å². The van der Waals surface area contributed by atoms with Gasteiger partial charge >= 0.3 is 0 Å². The van der Waals surface area contributed by atoms with Gasteiger partial charge in [0.15, 0.2) is 0 Å². The van der Waals surface area contributed by atoms with Gasteiger partial charge < -0.3 is 4.90 Å². The zero-order valence-corrected chi connectivity index (χ0v) is 15.0. The molecule has 0 spiro atoms. The normalized spacial score (nSPS) is 18.4. The van der Waals surface area contributed by atoms with Crippen LogP contribution in [0, 0.1) is 12.8 Å². The molecule has 1 atom stereocenters. The van der Waals surface area contributed by atoms with E-state index in [1.54, 1.807) is 22.7 Å². The standard InChI is InChI=1S/C17H22N2OS2/c1-11(2)10-15-18-12(3)16(22-15)17(20)19-8-4-6-13(19)14-7-5-9-21-14/h5,7,9,11,13H,4,6,8,10H2,1-3H3. The number of rotatable bonds is 4. The van der Waals surface area contributed by atoms with Crippen LogP contribution in [0.25, 0.3) is 0 Å². The number of aryl methyl sites for hydroxylation is 1. The van der Waals surface area contributed by atoms with Crippen molar-refractivity contribution in [3.63, 3.8) is 0 Å². The number of likely N-dealkylation sites (tertiary alicyclic amines) is 1. The number of amides is 1. The molecule has 0 radical (unpaired) electrons. The topological polar surface area (TPSA) is 33.2 Å². The first-order chi connectivity index (χ1) is 10.6. The van der Waals surface area contributed by atoms with E-state index >= 15 is 0 Å². The molecule has 3 heterocycles. The summed E-state index contributed by atoms with van der Waals surface area (Å²) in [5.41, 5.74) is 0.891. The summed E-state index contributed by atoms with van der Waals surface area (Å²) < 4.78 is 0. The van der Waals surface area contributed by atoms with Gasteiger partial charge in [-0.1, -0.05) is 19.9 Å². The number of nitrogens with zero attached hydrogens (tertiary/aromatic N) is 2. The van der Waals surface area contributed by atoms with Gasteiger partial charge in [-0.3, -0.25) is 4.79 Å². The minimum absolute atomic E-state index is 0.168. The lowest BCUT2D eigenvalue weighted by atomic mass is 10.1. The molecule has 5 heteroatoms. The van der Waals surface area contributed by atoms with E-state index in [1.165, 1.54) is 4.88 Å². The Kier molecular flexibility index (Phi) is 4.64. The average molecular weight is 335 g/mol. The summed E-state index contributed by atoms with van der Waals surface area (Å²) in [6, 6.07) is 4.46. The van der Waals surface area contributed by atoms with Crippen LogP contribution in [0.2, 0.25) is 0 Å². The Labute approximate surface area is 140 Å². The van der Waals surface area contributed by atoms with Crippen LogP contribution in [0.3, 0.4) is 0 Å². The van der Waals surface area contributed by atoms with Crippen molar-refractivity contribution >= 4 is 28.6 Å². The van der Waals surface area contributed by atoms with Crippen LogP contribution in [0.15, 0.2) is 17.5 Å². The fourth-order valence-corrected chi connectivity index (χ4v) is 5.11. The van der Waals surface area contributed by atoms with E-state index in [4.69, 9.17) is 0 Å². The van der Waals surface area contributed by atoms with Gasteiger partial charge in [0.05, 0.1) is 16.7 Å². The van der Waals surface area contributed by atoms with Gasteiger partial charge in [-0.25, -0.2) is 4.98 Å². The number of hydrogen-bond donors (Lipinski definition) is 0. The Morgan fingerprint density at radius 2 is 2.32 bits per heavy atom. The zero-order chi connectivity index (χ0) is 15.7. The third kappa shape index (κ3) is 3.10. The highest BCUT2D eigenvalue weighted by molar-refractivity contribution is 7.13. The summed E-state index contributed by atoms with van der Waals surface area (Å²) in [6.45, 7) is 7.19. The number of carbonyl (C=O) groups excluding carboxylic acids is 1. The van der Waals surface area contributed by atoms with E-state index in [1.807, 2.05) is 11.8 Å². The first-order valence-corrected chi connectivity index (χ1v) is 9.56. The fraction of sp³-hybridized carbons (Fsp3) is 0.529. The average Bonchev–Trinajstić information content (AvgIpc) is 3.16. The van der Waals surface area contributed by atoms with Crippen LogP contribution in [-0.2, 0) is 6.42 Å². The molecule has 1 fully saturated rings. The molecule has 2 aromatic heterocycles. The number of thiophene rings is 1. The first-order valence-electron chi connectivity index (χ1n) is 7.87. The maximum absolute atomic E-state index is 13.0. The van der Waals surface area contributed by atoms with Gasteiger partial charge in [0.25, 0.3) is 5.91 Å². The van der Waals surface area contributed by atoms with Gasteiger partial charge in [-0.2, -0.15) is 0 Å². The van der Waals surface area contributed by atoms with Gasteiger partial charge in [0, 0.05) is 17.8 Å². The molecule has 3 nitrogen and oxygen atoms in total. The van der Waals surface area contributed by atoms with Crippen LogP contribution in [0.1, 0.15) is 58.0 Å². The van der Waals surface area contributed by atoms with E-state index in [0.29, 0.717) is 5.92 Å². The smallest absolute Gasteiger partial charge is 0.266 e. The molecule has 2 aromatic rings. The van der Waals surface area contributed by atoms with Gasteiger partial charge in [0.2, 0.25) is 0 Å². The van der Waals surface area contributed by atoms with Crippen LogP contribution in [0.5, 0.6) is 0 Å². The highest BCUT2D eigenvalue weighted by atomic mass is 32.1. The Morgan fingerprint density at radius 1 is 1.50 bits per heavy atom. The van der Waals surface area contributed by atoms with Gasteiger partial charge in [-0.15, -0.1) is 22.7 Å². The van der Waals surface area contributed by atoms with Crippen molar-refractivity contribution in [1.29, 1.82) is 0 Å². The number of carbonyl (C=O) groups is 1. The van der Waals surface area contributed by atoms with Gasteiger partial charge in [0.1, 0.15) is 4.88 Å². The quantitative estimate of drug-likeness (QED) is 0.813. The molecule has 0 aliphatic carbocycles. The lowest BCUT2D eigenvalue weighted by molar-refractivity contribution is 0.0742. The molecule has 1 unspecified atom stereocenters. The minimum Gasteiger partial charge on any atom is -0.330 e. The molecule has 0 N–H and O–H groups in total. The second-order valence-corrected chi connectivity index (χ2v) is 8.35. The molecular weight excluding hydrogens is 312 g/mol. The summed E-state index contributed by atoms with van der Waals surface area (Å²) in [5.74, 6) is 0.736. The molecule has 22 heavy (non-hydrogen) atoms. The summed E-state index contributed by atoms with van der Waals surface area (Å²) in [4.78, 5) is 21.8. The molecule has 0 saturated carbocycles. The van der Waals surface area contributed by atoms with Crippen LogP contribution in [0.4, 0.5) is 0 Å². The van der Waals surface area contributed by atoms with E-state index in [0.717, 1.165) is 41.4 Å². The monoisotopic (exact) mass is 334 g/mol. The number of thiazole rings is 1. The van der Waals surface area contributed by atoms with Crippen molar-refractivity contribution in [3.05, 3.63) is 38.0 Å². The molecule has 1 amide bonds. The second kappa shape index (κ2) is 6.50. The maximum Gasteiger partial charge on any atom is 0.266 e. The molecule has 1 saturated heterocycles. The van der Waals surface area contributed by atoms with Crippen LogP contribution < -0.4 is 0 Å². The van der Waals surface area contributed by atoms with E-state index in [2.05, 4.69) is 36.3 Å². The van der Waals surface area contributed by atoms with Crippen molar-refractivity contribution < 1.29 is 4.79 Å². The highest BCUT2D eigenvalue weighted by Crippen LogP contribution is 2.36. The molecule has 1 aliphatic heterocycles. The maximum atomic E-state index is 13.0. The minimum atomic E-state index is 0.168. The van der Waals surface area contributed by atoms with Crippen molar-refractivity contribution in [2.75, 3.05) is 6.54 Å². The predicted molar refractivity (Wildman–Crippen MR) is 92.7 cm³/mol. The SMILES string of the molecule is Cc1nc(CC(C)C)sc1C(=O)N1CCCC1c1cccs1. The molecule has 0 bridgehead atoms. The lowest BCUT2D eigenvalue weighted by Gasteiger charge is -2.23. The summed E-state index contributed by atoms with van der Waals surface area (Å²) in [7, 11) is 0. The molecule has 118 valence electrons. The second-order valence-electron chi connectivity index (χ2n) is 6.29. The summed E-state index contributed by atoms with van der Waals surface area (Å²) in [5, 5.41) is 3.18. The first kappa shape index (κ1) is 15.7. The van der Waals surface area contributed by atoms with E-state index in [-0.39, 0.29) is 11.9 Å². The van der Waals surface area contributed by atoms with Crippen molar-refractivity contribution in [2.45, 2.75) is 46.1 Å². The summed E-state index contributed by atoms with van der Waals surface area (Å²) >= 11 is 3.33. The van der Waals surface area contributed by atoms with E-state index < -0.39 is 0 Å². The molecule has 1 aliphatic rings. The molecular formula is C17H22N2OS2. The largest absolute Gasteiger partial charge is 0.330 e.